The number of rotatable bonds is 6. The summed E-state index contributed by atoms with van der Waals surface area (Å²) < 4.78 is 13.1. The third-order valence-corrected chi connectivity index (χ3v) is 2.82. The summed E-state index contributed by atoms with van der Waals surface area (Å²) in [6, 6.07) is 3.84. The van der Waals surface area contributed by atoms with Crippen LogP contribution in [0.1, 0.15) is 25.3 Å². The molecule has 0 radical (unpaired) electrons. The summed E-state index contributed by atoms with van der Waals surface area (Å²) in [4.78, 5) is 22.1. The largest absolute Gasteiger partial charge is 0.481 e. The molecule has 0 aromatic heterocycles. The van der Waals surface area contributed by atoms with Crippen molar-refractivity contribution in [3.05, 3.63) is 29.6 Å². The maximum atomic E-state index is 13.1. The van der Waals surface area contributed by atoms with Crippen molar-refractivity contribution < 1.29 is 19.1 Å². The number of hydrogen-bond acceptors (Lipinski definition) is 2. The summed E-state index contributed by atoms with van der Waals surface area (Å²) in [6.07, 6.45) is 1.07. The number of carboxylic acid groups (broad SMARTS) is 1. The molecule has 0 aliphatic rings. The fourth-order valence-electron chi connectivity index (χ4n) is 1.72. The Morgan fingerprint density at radius 2 is 2.05 bits per heavy atom. The van der Waals surface area contributed by atoms with Crippen molar-refractivity contribution in [2.24, 2.45) is 5.92 Å². The molecular formula is C14H19FN2O3. The number of aliphatic carboxylic acids is 1. The van der Waals surface area contributed by atoms with Gasteiger partial charge in [0.05, 0.1) is 5.92 Å². The number of hydrogen-bond donors (Lipinski definition) is 3. The molecule has 5 nitrogen and oxygen atoms in total. The maximum Gasteiger partial charge on any atom is 0.319 e. The highest BCUT2D eigenvalue weighted by atomic mass is 19.1. The van der Waals surface area contributed by atoms with Gasteiger partial charge in [0.2, 0.25) is 0 Å². The predicted octanol–water partition coefficient (Wildman–Crippen LogP) is 2.76. The van der Waals surface area contributed by atoms with E-state index in [1.54, 1.807) is 19.9 Å². The number of nitrogens with one attached hydrogen (secondary N) is 2. The first-order chi connectivity index (χ1) is 9.38. The van der Waals surface area contributed by atoms with E-state index in [0.717, 1.165) is 5.56 Å². The molecule has 2 amide bonds. The summed E-state index contributed by atoms with van der Waals surface area (Å²) in [5.74, 6) is -1.67. The number of carboxylic acids is 1. The molecule has 0 heterocycles. The van der Waals surface area contributed by atoms with Crippen LogP contribution in [0, 0.1) is 18.7 Å². The highest BCUT2D eigenvalue weighted by Crippen LogP contribution is 2.13. The van der Waals surface area contributed by atoms with Crippen LogP contribution in [-0.2, 0) is 4.79 Å². The first-order valence-corrected chi connectivity index (χ1v) is 6.43. The van der Waals surface area contributed by atoms with E-state index < -0.39 is 23.7 Å². The molecule has 0 aliphatic heterocycles. The summed E-state index contributed by atoms with van der Waals surface area (Å²) >= 11 is 0. The van der Waals surface area contributed by atoms with Crippen LogP contribution < -0.4 is 10.6 Å². The van der Waals surface area contributed by atoms with Crippen LogP contribution in [0.25, 0.3) is 0 Å². The Kier molecular flexibility index (Phi) is 5.96. The van der Waals surface area contributed by atoms with Gasteiger partial charge in [-0.05, 0) is 43.5 Å². The number of halogens is 1. The van der Waals surface area contributed by atoms with E-state index in [1.807, 2.05) is 0 Å². The molecule has 1 aromatic rings. The molecule has 1 atom stereocenters. The van der Waals surface area contributed by atoms with E-state index in [-0.39, 0.29) is 0 Å². The maximum absolute atomic E-state index is 13.1. The summed E-state index contributed by atoms with van der Waals surface area (Å²) in [7, 11) is 0. The Labute approximate surface area is 117 Å². The predicted molar refractivity (Wildman–Crippen MR) is 74.2 cm³/mol. The lowest BCUT2D eigenvalue weighted by Crippen LogP contribution is -2.30. The highest BCUT2D eigenvalue weighted by molar-refractivity contribution is 5.89. The Hall–Kier alpha value is -2.11. The molecule has 0 saturated heterocycles. The second-order valence-electron chi connectivity index (χ2n) is 4.78. The number of carbonyl (C=O) groups is 2. The van der Waals surface area contributed by atoms with E-state index in [9.17, 15) is 14.0 Å². The fraction of sp³-hybridized carbons (Fsp3) is 0.429. The van der Waals surface area contributed by atoms with E-state index in [1.165, 1.54) is 12.1 Å². The van der Waals surface area contributed by atoms with Crippen molar-refractivity contribution in [1.82, 2.24) is 5.32 Å². The molecule has 0 fully saturated rings. The molecule has 110 valence electrons. The van der Waals surface area contributed by atoms with Crippen LogP contribution in [-0.4, -0.2) is 23.7 Å². The van der Waals surface area contributed by atoms with E-state index in [0.29, 0.717) is 25.1 Å². The van der Waals surface area contributed by atoms with Crippen molar-refractivity contribution >= 4 is 17.7 Å². The molecule has 20 heavy (non-hydrogen) atoms. The molecule has 6 heteroatoms. The van der Waals surface area contributed by atoms with Gasteiger partial charge in [0.25, 0.3) is 0 Å². The zero-order valence-corrected chi connectivity index (χ0v) is 11.6. The molecule has 0 saturated carbocycles. The van der Waals surface area contributed by atoms with Crippen molar-refractivity contribution in [2.75, 3.05) is 11.9 Å². The second kappa shape index (κ2) is 7.47. The minimum absolute atomic E-state index is 0.373. The van der Waals surface area contributed by atoms with Crippen molar-refractivity contribution in [1.29, 1.82) is 0 Å². The smallest absolute Gasteiger partial charge is 0.319 e. The van der Waals surface area contributed by atoms with E-state index >= 15 is 0 Å². The molecule has 0 spiro atoms. The van der Waals surface area contributed by atoms with Gasteiger partial charge in [0.15, 0.2) is 0 Å². The monoisotopic (exact) mass is 282 g/mol. The average molecular weight is 282 g/mol. The Balaban J connectivity index is 2.32. The van der Waals surface area contributed by atoms with Gasteiger partial charge >= 0.3 is 12.0 Å². The second-order valence-corrected chi connectivity index (χ2v) is 4.78. The molecule has 1 aromatic carbocycles. The van der Waals surface area contributed by atoms with E-state index in [2.05, 4.69) is 10.6 Å². The summed E-state index contributed by atoms with van der Waals surface area (Å²) in [5.41, 5.74) is 1.11. The average Bonchev–Trinajstić information content (AvgIpc) is 2.32. The number of benzene rings is 1. The Morgan fingerprint density at radius 1 is 1.35 bits per heavy atom. The topological polar surface area (TPSA) is 78.4 Å². The summed E-state index contributed by atoms with van der Waals surface area (Å²) in [5, 5.41) is 13.8. The van der Waals surface area contributed by atoms with Crippen LogP contribution in [0.3, 0.4) is 0 Å². The Bertz CT molecular complexity index is 471. The molecule has 3 N–H and O–H groups in total. The van der Waals surface area contributed by atoms with Gasteiger partial charge in [-0.2, -0.15) is 0 Å². The van der Waals surface area contributed by atoms with Gasteiger partial charge in [-0.3, -0.25) is 4.79 Å². The van der Waals surface area contributed by atoms with Gasteiger partial charge < -0.3 is 15.7 Å². The zero-order valence-electron chi connectivity index (χ0n) is 11.6. The van der Waals surface area contributed by atoms with Gasteiger partial charge in [-0.1, -0.05) is 6.92 Å². The first-order valence-electron chi connectivity index (χ1n) is 6.43. The van der Waals surface area contributed by atoms with Crippen LogP contribution in [0.4, 0.5) is 14.9 Å². The first kappa shape index (κ1) is 15.9. The molecule has 0 bridgehead atoms. The quantitative estimate of drug-likeness (QED) is 0.702. The SMILES string of the molecule is Cc1cc(F)cc(NC(=O)NCCCC(C)C(=O)O)c1. The van der Waals surface area contributed by atoms with Gasteiger partial charge in [-0.25, -0.2) is 9.18 Å². The number of urea groups is 1. The standard InChI is InChI=1S/C14H19FN2O3/c1-9-6-11(15)8-12(7-9)17-14(20)16-5-3-4-10(2)13(18)19/h6-8,10H,3-5H2,1-2H3,(H,18,19)(H2,16,17,20). The van der Waals surface area contributed by atoms with Crippen LogP contribution in [0.5, 0.6) is 0 Å². The lowest BCUT2D eigenvalue weighted by molar-refractivity contribution is -0.141. The van der Waals surface area contributed by atoms with Crippen LogP contribution in [0.15, 0.2) is 18.2 Å². The third-order valence-electron chi connectivity index (χ3n) is 2.82. The lowest BCUT2D eigenvalue weighted by atomic mass is 10.1. The van der Waals surface area contributed by atoms with Crippen molar-refractivity contribution in [3.8, 4) is 0 Å². The minimum atomic E-state index is -0.843. The van der Waals surface area contributed by atoms with Crippen LogP contribution in [0.2, 0.25) is 0 Å². The van der Waals surface area contributed by atoms with Crippen LogP contribution >= 0.6 is 0 Å². The third kappa shape index (κ3) is 5.69. The van der Waals surface area contributed by atoms with E-state index in [4.69, 9.17) is 5.11 Å². The Morgan fingerprint density at radius 3 is 2.65 bits per heavy atom. The van der Waals surface area contributed by atoms with Crippen molar-refractivity contribution in [3.63, 3.8) is 0 Å². The fourth-order valence-corrected chi connectivity index (χ4v) is 1.72. The number of amides is 2. The van der Waals surface area contributed by atoms with Gasteiger partial charge in [-0.15, -0.1) is 0 Å². The number of aryl methyl sites for hydroxylation is 1. The molecule has 1 unspecified atom stereocenters. The van der Waals surface area contributed by atoms with Crippen molar-refractivity contribution in [2.45, 2.75) is 26.7 Å². The summed E-state index contributed by atoms with van der Waals surface area (Å²) in [6.45, 7) is 3.73. The minimum Gasteiger partial charge on any atom is -0.481 e. The highest BCUT2D eigenvalue weighted by Gasteiger charge is 2.10. The number of carbonyl (C=O) groups excluding carboxylic acids is 1. The number of anilines is 1. The molecule has 0 aliphatic carbocycles. The lowest BCUT2D eigenvalue weighted by Gasteiger charge is -2.09. The zero-order chi connectivity index (χ0) is 15.1. The molecular weight excluding hydrogens is 263 g/mol. The normalized spacial score (nSPS) is 11.8. The van der Waals surface area contributed by atoms with Gasteiger partial charge in [0, 0.05) is 12.2 Å². The van der Waals surface area contributed by atoms with Gasteiger partial charge in [0.1, 0.15) is 5.82 Å². The molecule has 1 rings (SSSR count).